The molecule has 0 bridgehead atoms. The van der Waals surface area contributed by atoms with Crippen molar-refractivity contribution in [3.63, 3.8) is 0 Å². The Hall–Kier alpha value is -0.870. The van der Waals surface area contributed by atoms with Gasteiger partial charge in [0.25, 0.3) is 0 Å². The minimum atomic E-state index is -0.445. The first kappa shape index (κ1) is 8.72. The Labute approximate surface area is 79.8 Å². The third-order valence-electron chi connectivity index (χ3n) is 1.95. The van der Waals surface area contributed by atoms with Crippen molar-refractivity contribution in [3.8, 4) is 0 Å². The van der Waals surface area contributed by atoms with E-state index in [1.807, 2.05) is 0 Å². The second-order valence-corrected chi connectivity index (χ2v) is 3.45. The van der Waals surface area contributed by atoms with Gasteiger partial charge in [0.2, 0.25) is 0 Å². The highest BCUT2D eigenvalue weighted by Crippen LogP contribution is 2.23. The third kappa shape index (κ3) is 1.59. The lowest BCUT2D eigenvalue weighted by Gasteiger charge is -2.36. The monoisotopic (exact) mass is 202 g/mol. The normalized spacial score (nSPS) is 17.3. The van der Waals surface area contributed by atoms with Crippen LogP contribution in [0.25, 0.3) is 0 Å². The number of aromatic nitrogens is 1. The fourth-order valence-corrected chi connectivity index (χ4v) is 1.41. The highest BCUT2D eigenvalue weighted by atomic mass is 35.5. The first-order chi connectivity index (χ1) is 6.16. The van der Waals surface area contributed by atoms with Gasteiger partial charge in [0, 0.05) is 19.3 Å². The van der Waals surface area contributed by atoms with E-state index in [-0.39, 0.29) is 16.9 Å². The average Bonchev–Trinajstić information content (AvgIpc) is 2.00. The zero-order chi connectivity index (χ0) is 9.42. The van der Waals surface area contributed by atoms with Crippen LogP contribution in [0.1, 0.15) is 0 Å². The van der Waals surface area contributed by atoms with Crippen LogP contribution >= 0.6 is 11.6 Å². The van der Waals surface area contributed by atoms with Gasteiger partial charge in [-0.3, -0.25) is 0 Å². The van der Waals surface area contributed by atoms with E-state index in [1.165, 1.54) is 12.3 Å². The van der Waals surface area contributed by atoms with Gasteiger partial charge in [0.05, 0.1) is 11.1 Å². The molecule has 5 heteroatoms. The van der Waals surface area contributed by atoms with E-state index >= 15 is 0 Å². The maximum atomic E-state index is 13.2. The van der Waals surface area contributed by atoms with Crippen molar-refractivity contribution >= 4 is 17.4 Å². The lowest BCUT2D eigenvalue weighted by molar-refractivity contribution is 0.140. The minimum Gasteiger partial charge on any atom is -0.389 e. The molecule has 0 spiro atoms. The number of hydrogen-bond acceptors (Lipinski definition) is 3. The number of nitrogens with zero attached hydrogens (tertiary/aromatic N) is 2. The Kier molecular flexibility index (Phi) is 2.09. The molecular formula is C8H8ClFN2O. The lowest BCUT2D eigenvalue weighted by atomic mass is 10.2. The maximum absolute atomic E-state index is 13.2. The number of aliphatic hydroxyl groups is 1. The van der Waals surface area contributed by atoms with Gasteiger partial charge in [-0.25, -0.2) is 9.37 Å². The molecule has 70 valence electrons. The van der Waals surface area contributed by atoms with E-state index in [0.29, 0.717) is 13.1 Å². The summed E-state index contributed by atoms with van der Waals surface area (Å²) in [5, 5.41) is 9.29. The summed E-state index contributed by atoms with van der Waals surface area (Å²) in [4.78, 5) is 5.51. The Bertz CT molecular complexity index is 328. The summed E-state index contributed by atoms with van der Waals surface area (Å²) in [6.45, 7) is 0.872. The Balaban J connectivity index is 2.21. The number of β-amino-alcohol motifs (C(OH)–C–C–N with tert-alkyl or cyclic N) is 1. The molecule has 1 aliphatic rings. The van der Waals surface area contributed by atoms with Gasteiger partial charge >= 0.3 is 0 Å². The van der Waals surface area contributed by atoms with Gasteiger partial charge in [-0.2, -0.15) is 0 Å². The van der Waals surface area contributed by atoms with Gasteiger partial charge in [-0.15, -0.1) is 0 Å². The fraction of sp³-hybridized carbons (Fsp3) is 0.375. The second kappa shape index (κ2) is 3.12. The predicted octanol–water partition coefficient (Wildman–Crippen LogP) is 1.05. The van der Waals surface area contributed by atoms with Crippen LogP contribution in [0.5, 0.6) is 0 Å². The number of halogens is 2. The highest BCUT2D eigenvalue weighted by molar-refractivity contribution is 6.30. The van der Waals surface area contributed by atoms with Crippen LogP contribution in [-0.2, 0) is 0 Å². The van der Waals surface area contributed by atoms with Gasteiger partial charge in [-0.05, 0) is 6.07 Å². The third-order valence-corrected chi connectivity index (χ3v) is 2.16. The molecule has 2 heterocycles. The summed E-state index contributed by atoms with van der Waals surface area (Å²) in [6, 6.07) is 1.22. The van der Waals surface area contributed by atoms with E-state index in [4.69, 9.17) is 16.7 Å². The number of anilines is 1. The molecule has 0 unspecified atom stereocenters. The highest BCUT2D eigenvalue weighted by Gasteiger charge is 2.27. The molecule has 3 nitrogen and oxygen atoms in total. The molecule has 0 aliphatic carbocycles. The van der Waals surface area contributed by atoms with Crippen molar-refractivity contribution in [2.75, 3.05) is 18.0 Å². The first-order valence-corrected chi connectivity index (χ1v) is 4.28. The molecule has 0 amide bonds. The van der Waals surface area contributed by atoms with E-state index < -0.39 is 5.82 Å². The summed E-state index contributed by atoms with van der Waals surface area (Å²) < 4.78 is 13.2. The summed E-state index contributed by atoms with van der Waals surface area (Å²) in [5.74, 6) is -0.186. The molecule has 0 atom stereocenters. The molecular weight excluding hydrogens is 195 g/mol. The van der Waals surface area contributed by atoms with Crippen molar-refractivity contribution < 1.29 is 9.50 Å². The predicted molar refractivity (Wildman–Crippen MR) is 47.4 cm³/mol. The molecule has 0 radical (unpaired) electrons. The smallest absolute Gasteiger partial charge is 0.167 e. The topological polar surface area (TPSA) is 36.4 Å². The summed E-state index contributed by atoms with van der Waals surface area (Å²) in [7, 11) is 0. The standard InChI is InChI=1S/C8H8ClFN2O/c9-5-1-7(10)8(11-2-5)12-3-6(13)4-12/h1-2,6,13H,3-4H2. The molecule has 1 aromatic rings. The van der Waals surface area contributed by atoms with Crippen molar-refractivity contribution in [2.45, 2.75) is 6.10 Å². The minimum absolute atomic E-state index is 0.259. The molecule has 1 aromatic heterocycles. The summed E-state index contributed by atoms with van der Waals surface area (Å²) in [6.07, 6.45) is 1.03. The van der Waals surface area contributed by atoms with Gasteiger partial charge < -0.3 is 10.0 Å². The Morgan fingerprint density at radius 1 is 1.62 bits per heavy atom. The molecule has 0 aromatic carbocycles. The molecule has 1 saturated heterocycles. The molecule has 0 saturated carbocycles. The molecule has 2 rings (SSSR count). The van der Waals surface area contributed by atoms with E-state index in [1.54, 1.807) is 4.90 Å². The van der Waals surface area contributed by atoms with Gasteiger partial charge in [0.1, 0.15) is 0 Å². The van der Waals surface area contributed by atoms with Crippen molar-refractivity contribution in [1.29, 1.82) is 0 Å². The van der Waals surface area contributed by atoms with Crippen LogP contribution in [0, 0.1) is 5.82 Å². The van der Waals surface area contributed by atoms with Crippen LogP contribution in [0.3, 0.4) is 0 Å². The molecule has 13 heavy (non-hydrogen) atoms. The zero-order valence-electron chi connectivity index (χ0n) is 6.74. The summed E-state index contributed by atoms with van der Waals surface area (Å²) in [5.41, 5.74) is 0. The van der Waals surface area contributed by atoms with Crippen molar-refractivity contribution in [2.24, 2.45) is 0 Å². The van der Waals surface area contributed by atoms with Crippen LogP contribution in [0.4, 0.5) is 10.2 Å². The van der Waals surface area contributed by atoms with E-state index in [2.05, 4.69) is 4.98 Å². The number of rotatable bonds is 1. The maximum Gasteiger partial charge on any atom is 0.167 e. The fourth-order valence-electron chi connectivity index (χ4n) is 1.27. The van der Waals surface area contributed by atoms with Crippen molar-refractivity contribution in [3.05, 3.63) is 23.1 Å². The van der Waals surface area contributed by atoms with Crippen LogP contribution in [0.15, 0.2) is 12.3 Å². The first-order valence-electron chi connectivity index (χ1n) is 3.91. The Morgan fingerprint density at radius 3 is 2.85 bits per heavy atom. The lowest BCUT2D eigenvalue weighted by Crippen LogP contribution is -2.51. The van der Waals surface area contributed by atoms with Gasteiger partial charge in [-0.1, -0.05) is 11.6 Å². The molecule has 1 aliphatic heterocycles. The number of pyridine rings is 1. The number of hydrogen-bond donors (Lipinski definition) is 1. The Morgan fingerprint density at radius 2 is 2.31 bits per heavy atom. The van der Waals surface area contributed by atoms with Crippen LogP contribution in [0.2, 0.25) is 5.02 Å². The van der Waals surface area contributed by atoms with E-state index in [0.717, 1.165) is 0 Å². The van der Waals surface area contributed by atoms with Crippen LogP contribution < -0.4 is 4.90 Å². The average molecular weight is 203 g/mol. The van der Waals surface area contributed by atoms with E-state index in [9.17, 15) is 4.39 Å². The SMILES string of the molecule is OC1CN(c2ncc(Cl)cc2F)C1. The number of aliphatic hydroxyl groups excluding tert-OH is 1. The summed E-state index contributed by atoms with van der Waals surface area (Å²) >= 11 is 5.54. The largest absolute Gasteiger partial charge is 0.389 e. The second-order valence-electron chi connectivity index (χ2n) is 3.02. The van der Waals surface area contributed by atoms with Gasteiger partial charge in [0.15, 0.2) is 11.6 Å². The zero-order valence-corrected chi connectivity index (χ0v) is 7.50. The van der Waals surface area contributed by atoms with Crippen molar-refractivity contribution in [1.82, 2.24) is 4.98 Å². The molecule has 1 fully saturated rings. The quantitative estimate of drug-likeness (QED) is 0.740. The molecule has 1 N–H and O–H groups in total. The van der Waals surface area contributed by atoms with Crippen LogP contribution in [-0.4, -0.2) is 29.3 Å².